The lowest BCUT2D eigenvalue weighted by molar-refractivity contribution is -0.152. The van der Waals surface area contributed by atoms with E-state index in [9.17, 15) is 10.4 Å². The lowest BCUT2D eigenvalue weighted by Gasteiger charge is -2.29. The second-order valence-electron chi connectivity index (χ2n) is 14.2. The smallest absolute Gasteiger partial charge is 0.191 e. The van der Waals surface area contributed by atoms with Crippen LogP contribution in [0.25, 0.3) is 22.3 Å². The summed E-state index contributed by atoms with van der Waals surface area (Å²) in [4.78, 5) is 4.18. The molecule has 2 N–H and O–H groups in total. The van der Waals surface area contributed by atoms with E-state index in [2.05, 4.69) is 78.7 Å². The fraction of sp³-hybridized carbons (Fsp3) is 0.362. The van der Waals surface area contributed by atoms with Gasteiger partial charge in [0.1, 0.15) is 43.1 Å². The highest BCUT2D eigenvalue weighted by Crippen LogP contribution is 2.37. The van der Waals surface area contributed by atoms with E-state index in [-0.39, 0.29) is 18.8 Å². The van der Waals surface area contributed by atoms with Gasteiger partial charge in [0.05, 0.1) is 16.7 Å². The first-order chi connectivity index (χ1) is 27.8. The largest absolute Gasteiger partial charge is 0.488 e. The standard InChI is InChI=1S/C47H52ClN3O6/c1-5-53-47(54-6-2)30-55-38-14-9-12-35(21-38)39-15-11-17-41(32(39)4)40-16-10-13-36(31(40)3)29-57-46-23-45(56-28-34-20-33(24-49)25-50-26-34)37(22-42(46)48)27-51-43-18-7-8-19-44(43)52/h9-17,20-23,25-26,43-44,47,51-52H,5-8,18-19,27-30H2,1-4H3/t43?,44-/m0/s1. The van der Waals surface area contributed by atoms with Gasteiger partial charge in [-0.25, -0.2) is 0 Å². The van der Waals surface area contributed by atoms with Crippen LogP contribution in [0.4, 0.5) is 0 Å². The third-order valence-electron chi connectivity index (χ3n) is 10.4. The number of nitrogens with one attached hydrogen (secondary N) is 1. The maximum Gasteiger partial charge on any atom is 0.191 e. The van der Waals surface area contributed by atoms with Crippen LogP contribution in [0, 0.1) is 25.2 Å². The van der Waals surface area contributed by atoms with Crippen LogP contribution in [-0.4, -0.2) is 48.3 Å². The molecule has 0 saturated heterocycles. The summed E-state index contributed by atoms with van der Waals surface area (Å²) in [7, 11) is 0. The molecule has 0 aliphatic heterocycles. The maximum atomic E-state index is 10.6. The molecule has 1 unspecified atom stereocenters. The second-order valence-corrected chi connectivity index (χ2v) is 14.7. The molecule has 1 aliphatic carbocycles. The highest BCUT2D eigenvalue weighted by molar-refractivity contribution is 6.32. The van der Waals surface area contributed by atoms with Gasteiger partial charge in [0.25, 0.3) is 0 Å². The minimum absolute atomic E-state index is 0.00131. The van der Waals surface area contributed by atoms with Crippen LogP contribution in [0.2, 0.25) is 5.02 Å². The van der Waals surface area contributed by atoms with Gasteiger partial charge in [-0.1, -0.05) is 73.0 Å². The minimum atomic E-state index is -0.417. The average Bonchev–Trinajstić information content (AvgIpc) is 3.22. The van der Waals surface area contributed by atoms with Crippen molar-refractivity contribution in [2.45, 2.75) is 91.6 Å². The Balaban J connectivity index is 1.21. The van der Waals surface area contributed by atoms with Gasteiger partial charge in [-0.2, -0.15) is 5.26 Å². The highest BCUT2D eigenvalue weighted by Gasteiger charge is 2.23. The predicted molar refractivity (Wildman–Crippen MR) is 223 cm³/mol. The molecule has 6 rings (SSSR count). The molecule has 0 radical (unpaired) electrons. The van der Waals surface area contributed by atoms with Gasteiger partial charge in [0.15, 0.2) is 6.29 Å². The molecular formula is C47H52ClN3O6. The molecule has 9 nitrogen and oxygen atoms in total. The zero-order chi connectivity index (χ0) is 40.1. The molecule has 0 bridgehead atoms. The van der Waals surface area contributed by atoms with Crippen molar-refractivity contribution in [3.63, 3.8) is 0 Å². The van der Waals surface area contributed by atoms with E-state index in [4.69, 9.17) is 35.3 Å². The van der Waals surface area contributed by atoms with Crippen molar-refractivity contribution >= 4 is 11.6 Å². The Labute approximate surface area is 341 Å². The molecule has 2 atom stereocenters. The normalized spacial score (nSPS) is 15.3. The zero-order valence-electron chi connectivity index (χ0n) is 33.2. The Morgan fingerprint density at radius 3 is 2.30 bits per heavy atom. The number of nitrogens with zero attached hydrogens (tertiary/aromatic N) is 2. The van der Waals surface area contributed by atoms with E-state index in [0.29, 0.717) is 55.1 Å². The number of rotatable bonds is 18. The number of nitriles is 1. The van der Waals surface area contributed by atoms with Gasteiger partial charge >= 0.3 is 0 Å². The summed E-state index contributed by atoms with van der Waals surface area (Å²) in [5, 5.41) is 23.9. The Bertz CT molecular complexity index is 2150. The first-order valence-corrected chi connectivity index (χ1v) is 20.1. The first-order valence-electron chi connectivity index (χ1n) is 19.8. The van der Waals surface area contributed by atoms with Crippen molar-refractivity contribution in [2.24, 2.45) is 0 Å². The predicted octanol–water partition coefficient (Wildman–Crippen LogP) is 9.89. The number of pyridine rings is 1. The molecule has 1 aliphatic rings. The fourth-order valence-corrected chi connectivity index (χ4v) is 7.54. The molecule has 10 heteroatoms. The lowest BCUT2D eigenvalue weighted by atomic mass is 9.89. The molecule has 1 fully saturated rings. The summed E-state index contributed by atoms with van der Waals surface area (Å²) >= 11 is 6.89. The van der Waals surface area contributed by atoms with Crippen molar-refractivity contribution in [3.8, 4) is 45.6 Å². The van der Waals surface area contributed by atoms with E-state index in [1.807, 2.05) is 38.1 Å². The third-order valence-corrected chi connectivity index (χ3v) is 10.7. The summed E-state index contributed by atoms with van der Waals surface area (Å²) < 4.78 is 30.2. The van der Waals surface area contributed by atoms with Crippen LogP contribution in [0.15, 0.2) is 91.3 Å². The van der Waals surface area contributed by atoms with E-state index >= 15 is 0 Å². The molecular weight excluding hydrogens is 738 g/mol. The molecule has 0 amide bonds. The monoisotopic (exact) mass is 789 g/mol. The number of aliphatic hydroxyl groups excluding tert-OH is 1. The zero-order valence-corrected chi connectivity index (χ0v) is 34.0. The van der Waals surface area contributed by atoms with Crippen LogP contribution >= 0.6 is 11.6 Å². The van der Waals surface area contributed by atoms with Gasteiger partial charge in [0, 0.05) is 55.4 Å². The van der Waals surface area contributed by atoms with Crippen LogP contribution in [-0.2, 0) is 29.2 Å². The quantitative estimate of drug-likeness (QED) is 0.0838. The van der Waals surface area contributed by atoms with Gasteiger partial charge in [0.2, 0.25) is 0 Å². The number of aromatic nitrogens is 1. The Kier molecular flexibility index (Phi) is 15.0. The molecule has 0 spiro atoms. The molecule has 4 aromatic carbocycles. The summed E-state index contributed by atoms with van der Waals surface area (Å²) in [5.41, 5.74) is 9.81. The van der Waals surface area contributed by atoms with E-state index in [0.717, 1.165) is 81.5 Å². The molecule has 298 valence electrons. The number of aliphatic hydroxyl groups is 1. The number of hydrogen-bond donors (Lipinski definition) is 2. The Morgan fingerprint density at radius 1 is 0.807 bits per heavy atom. The van der Waals surface area contributed by atoms with Crippen molar-refractivity contribution < 1.29 is 28.8 Å². The Morgan fingerprint density at radius 2 is 1.53 bits per heavy atom. The van der Waals surface area contributed by atoms with Gasteiger partial charge in [-0.3, -0.25) is 4.98 Å². The van der Waals surface area contributed by atoms with Crippen LogP contribution in [0.3, 0.4) is 0 Å². The van der Waals surface area contributed by atoms with Crippen molar-refractivity contribution in [3.05, 3.63) is 130 Å². The van der Waals surface area contributed by atoms with Crippen LogP contribution < -0.4 is 19.5 Å². The molecule has 1 saturated carbocycles. The minimum Gasteiger partial charge on any atom is -0.488 e. The first kappa shape index (κ1) is 41.7. The summed E-state index contributed by atoms with van der Waals surface area (Å²) in [6, 6.07) is 28.4. The lowest BCUT2D eigenvalue weighted by Crippen LogP contribution is -2.41. The topological polar surface area (TPSA) is 115 Å². The van der Waals surface area contributed by atoms with E-state index < -0.39 is 6.29 Å². The number of halogens is 1. The summed E-state index contributed by atoms with van der Waals surface area (Å²) in [6.07, 6.45) is 6.22. The van der Waals surface area contributed by atoms with E-state index in [1.54, 1.807) is 12.3 Å². The Hall–Kier alpha value is -4.95. The van der Waals surface area contributed by atoms with E-state index in [1.165, 1.54) is 6.20 Å². The number of ether oxygens (including phenoxy) is 5. The second kappa shape index (κ2) is 20.5. The SMILES string of the molecule is CCOC(COc1cccc(-c2cccc(-c3cccc(COc4cc(OCc5cncc(C#N)c5)c(CNC5CCCC[C@@H]5O)cc4Cl)c3C)c2C)c1)OCC. The average molecular weight is 790 g/mol. The van der Waals surface area contributed by atoms with Crippen molar-refractivity contribution in [1.29, 1.82) is 5.26 Å². The number of hydrogen-bond acceptors (Lipinski definition) is 9. The summed E-state index contributed by atoms with van der Waals surface area (Å²) in [5.74, 6) is 1.85. The van der Waals surface area contributed by atoms with Crippen LogP contribution in [0.5, 0.6) is 17.2 Å². The summed E-state index contributed by atoms with van der Waals surface area (Å²) in [6.45, 7) is 10.5. The molecule has 1 aromatic heterocycles. The van der Waals surface area contributed by atoms with Gasteiger partial charge < -0.3 is 34.1 Å². The third kappa shape index (κ3) is 10.9. The molecule has 1 heterocycles. The maximum absolute atomic E-state index is 10.6. The molecule has 57 heavy (non-hydrogen) atoms. The van der Waals surface area contributed by atoms with Gasteiger partial charge in [-0.05, 0) is 104 Å². The van der Waals surface area contributed by atoms with Gasteiger partial charge in [-0.15, -0.1) is 0 Å². The highest BCUT2D eigenvalue weighted by atomic mass is 35.5. The fourth-order valence-electron chi connectivity index (χ4n) is 7.30. The van der Waals surface area contributed by atoms with Crippen molar-refractivity contribution in [1.82, 2.24) is 10.3 Å². The van der Waals surface area contributed by atoms with Crippen LogP contribution in [0.1, 0.15) is 72.9 Å². The number of benzene rings is 4. The molecule has 5 aromatic rings. The van der Waals surface area contributed by atoms with Crippen molar-refractivity contribution in [2.75, 3.05) is 19.8 Å².